The first-order valence-corrected chi connectivity index (χ1v) is 6.91. The molecule has 0 amide bonds. The van der Waals surface area contributed by atoms with Crippen LogP contribution in [0.5, 0.6) is 0 Å². The average Bonchev–Trinajstić information content (AvgIpc) is 2.64. The lowest BCUT2D eigenvalue weighted by molar-refractivity contribution is 0.0709. The van der Waals surface area contributed by atoms with Crippen molar-refractivity contribution in [3.05, 3.63) is 23.7 Å². The molecule has 0 aliphatic heterocycles. The van der Waals surface area contributed by atoms with Gasteiger partial charge in [0.2, 0.25) is 0 Å². The van der Waals surface area contributed by atoms with E-state index in [1.165, 1.54) is 15.3 Å². The molecule has 0 fully saturated rings. The Labute approximate surface area is 111 Å². The molecule has 0 bridgehead atoms. The van der Waals surface area contributed by atoms with Gasteiger partial charge in [0.1, 0.15) is 5.76 Å². The fraction of sp³-hybridized carbons (Fsp3) is 0.714. The number of rotatable bonds is 5. The molecule has 1 heterocycles. The number of hydrogen-bond acceptors (Lipinski definition) is 1. The Morgan fingerprint density at radius 3 is 2.00 bits per heavy atom. The molecule has 0 radical (unpaired) electrons. The van der Waals surface area contributed by atoms with E-state index in [4.69, 9.17) is 4.42 Å². The third-order valence-electron chi connectivity index (χ3n) is 4.18. The lowest BCUT2D eigenvalue weighted by Gasteiger charge is -2.37. The predicted octanol–water partition coefficient (Wildman–Crippen LogP) is 5.06. The van der Waals surface area contributed by atoms with E-state index in [0.717, 1.165) is 0 Å². The van der Waals surface area contributed by atoms with Crippen LogP contribution in [0.4, 0.5) is 8.78 Å². The molecule has 18 heavy (non-hydrogen) atoms. The maximum absolute atomic E-state index is 13.1. The molecule has 0 spiro atoms. The van der Waals surface area contributed by atoms with Gasteiger partial charge in [-0.2, -0.15) is 8.78 Å². The summed E-state index contributed by atoms with van der Waals surface area (Å²) in [7, 11) is 1.51. The van der Waals surface area contributed by atoms with E-state index >= 15 is 0 Å². The standard InChI is InChI=1S/C14H23F2OP/c1-9(2)13(5,10(3)4)8-11-6-7-12(17-11)14(15,16)18/h6-7,9-10H,8,18H2,1-5H3. The van der Waals surface area contributed by atoms with E-state index in [2.05, 4.69) is 34.6 Å². The highest BCUT2D eigenvalue weighted by Crippen LogP contribution is 2.41. The first kappa shape index (κ1) is 15.6. The second-order valence-electron chi connectivity index (χ2n) is 5.88. The summed E-state index contributed by atoms with van der Waals surface area (Å²) in [5.41, 5.74) is -2.93. The lowest BCUT2D eigenvalue weighted by atomic mass is 9.68. The zero-order valence-electron chi connectivity index (χ0n) is 11.8. The third kappa shape index (κ3) is 3.32. The summed E-state index contributed by atoms with van der Waals surface area (Å²) in [5, 5.41) is 0. The zero-order chi connectivity index (χ0) is 14.1. The SMILES string of the molecule is CC(C)C(C)(Cc1ccc(C(F)(F)P)o1)C(C)C. The second kappa shape index (κ2) is 5.28. The van der Waals surface area contributed by atoms with Crippen LogP contribution in [-0.4, -0.2) is 0 Å². The number of alkyl halides is 2. The van der Waals surface area contributed by atoms with Crippen molar-refractivity contribution in [2.24, 2.45) is 17.3 Å². The minimum atomic E-state index is -2.98. The van der Waals surface area contributed by atoms with Gasteiger partial charge in [-0.05, 0) is 29.4 Å². The molecular formula is C14H23F2OP. The molecule has 0 aliphatic carbocycles. The maximum Gasteiger partial charge on any atom is 0.315 e. The van der Waals surface area contributed by atoms with Crippen molar-refractivity contribution >= 4 is 9.24 Å². The number of hydrogen-bond donors (Lipinski definition) is 0. The zero-order valence-corrected chi connectivity index (χ0v) is 12.9. The van der Waals surface area contributed by atoms with Gasteiger partial charge in [-0.3, -0.25) is 0 Å². The van der Waals surface area contributed by atoms with Crippen LogP contribution >= 0.6 is 9.24 Å². The average molecular weight is 276 g/mol. The summed E-state index contributed by atoms with van der Waals surface area (Å²) in [6, 6.07) is 3.03. The Balaban J connectivity index is 2.93. The molecule has 0 aromatic carbocycles. The van der Waals surface area contributed by atoms with E-state index in [0.29, 0.717) is 24.0 Å². The summed E-state index contributed by atoms with van der Waals surface area (Å²) in [4.78, 5) is 0. The van der Waals surface area contributed by atoms with Gasteiger partial charge in [0.05, 0.1) is 0 Å². The van der Waals surface area contributed by atoms with Crippen molar-refractivity contribution in [2.45, 2.75) is 46.7 Å². The van der Waals surface area contributed by atoms with Crippen LogP contribution in [0, 0.1) is 17.3 Å². The molecule has 1 rings (SSSR count). The summed E-state index contributed by atoms with van der Waals surface area (Å²) in [6.07, 6.45) is 0.684. The molecule has 104 valence electrons. The van der Waals surface area contributed by atoms with Gasteiger partial charge in [0.25, 0.3) is 0 Å². The minimum Gasteiger partial charge on any atom is -0.459 e. The minimum absolute atomic E-state index is 0.0469. The number of furan rings is 1. The van der Waals surface area contributed by atoms with Crippen molar-refractivity contribution < 1.29 is 13.2 Å². The van der Waals surface area contributed by atoms with E-state index < -0.39 is 5.66 Å². The molecular weight excluding hydrogens is 253 g/mol. The van der Waals surface area contributed by atoms with Gasteiger partial charge < -0.3 is 4.42 Å². The van der Waals surface area contributed by atoms with Crippen molar-refractivity contribution in [3.63, 3.8) is 0 Å². The monoisotopic (exact) mass is 276 g/mol. The Hall–Kier alpha value is -0.430. The molecule has 0 saturated heterocycles. The van der Waals surface area contributed by atoms with Crippen LogP contribution in [0.15, 0.2) is 16.5 Å². The highest BCUT2D eigenvalue weighted by molar-refractivity contribution is 7.17. The van der Waals surface area contributed by atoms with E-state index in [1.54, 1.807) is 6.07 Å². The van der Waals surface area contributed by atoms with Crippen LogP contribution in [0.25, 0.3) is 0 Å². The molecule has 1 unspecified atom stereocenters. The third-order valence-corrected chi connectivity index (χ3v) is 4.47. The van der Waals surface area contributed by atoms with Crippen LogP contribution in [0.1, 0.15) is 46.1 Å². The van der Waals surface area contributed by atoms with E-state index in [9.17, 15) is 8.78 Å². The van der Waals surface area contributed by atoms with E-state index in [-0.39, 0.29) is 11.2 Å². The van der Waals surface area contributed by atoms with Gasteiger partial charge in [-0.25, -0.2) is 0 Å². The Morgan fingerprint density at radius 2 is 1.67 bits per heavy atom. The lowest BCUT2D eigenvalue weighted by Crippen LogP contribution is -2.32. The molecule has 1 aromatic rings. The van der Waals surface area contributed by atoms with Crippen molar-refractivity contribution in [3.8, 4) is 0 Å². The maximum atomic E-state index is 13.1. The smallest absolute Gasteiger partial charge is 0.315 e. The van der Waals surface area contributed by atoms with Crippen molar-refractivity contribution in [2.75, 3.05) is 0 Å². The Morgan fingerprint density at radius 1 is 1.17 bits per heavy atom. The predicted molar refractivity (Wildman–Crippen MR) is 73.8 cm³/mol. The largest absolute Gasteiger partial charge is 0.459 e. The Bertz CT molecular complexity index is 383. The van der Waals surface area contributed by atoms with Crippen molar-refractivity contribution in [1.82, 2.24) is 0 Å². The fourth-order valence-corrected chi connectivity index (χ4v) is 2.26. The number of halogens is 2. The van der Waals surface area contributed by atoms with Crippen LogP contribution in [-0.2, 0) is 12.1 Å². The van der Waals surface area contributed by atoms with Gasteiger partial charge >= 0.3 is 5.66 Å². The fourth-order valence-electron chi connectivity index (χ4n) is 2.10. The Kier molecular flexibility index (Phi) is 4.59. The molecule has 0 N–H and O–H groups in total. The van der Waals surface area contributed by atoms with Crippen molar-refractivity contribution in [1.29, 1.82) is 0 Å². The molecule has 1 aromatic heterocycles. The topological polar surface area (TPSA) is 13.1 Å². The first-order valence-electron chi connectivity index (χ1n) is 6.33. The molecule has 1 nitrogen and oxygen atoms in total. The molecule has 1 atom stereocenters. The van der Waals surface area contributed by atoms with Crippen LogP contribution in [0.3, 0.4) is 0 Å². The summed E-state index contributed by atoms with van der Waals surface area (Å²) < 4.78 is 31.4. The summed E-state index contributed by atoms with van der Waals surface area (Å²) in [6.45, 7) is 10.8. The van der Waals surface area contributed by atoms with Gasteiger partial charge in [-0.15, -0.1) is 0 Å². The van der Waals surface area contributed by atoms with Gasteiger partial charge in [0.15, 0.2) is 5.76 Å². The highest BCUT2D eigenvalue weighted by atomic mass is 31.0. The van der Waals surface area contributed by atoms with Crippen LogP contribution in [0.2, 0.25) is 0 Å². The highest BCUT2D eigenvalue weighted by Gasteiger charge is 2.34. The van der Waals surface area contributed by atoms with Crippen LogP contribution < -0.4 is 0 Å². The second-order valence-corrected chi connectivity index (χ2v) is 6.61. The first-order chi connectivity index (χ1) is 8.07. The quantitative estimate of drug-likeness (QED) is 0.685. The summed E-state index contributed by atoms with van der Waals surface area (Å²) in [5.74, 6) is 1.28. The van der Waals surface area contributed by atoms with E-state index in [1.807, 2.05) is 0 Å². The normalized spacial score (nSPS) is 13.7. The van der Waals surface area contributed by atoms with Gasteiger partial charge in [-0.1, -0.05) is 43.9 Å². The van der Waals surface area contributed by atoms with Gasteiger partial charge in [0, 0.05) is 6.42 Å². The molecule has 0 saturated carbocycles. The molecule has 4 heteroatoms. The summed E-state index contributed by atoms with van der Waals surface area (Å²) >= 11 is 0. The molecule has 0 aliphatic rings.